The standard InChI is InChI=1S/C12H17N3O3/c16-15(17)11-2-1-3-12(8-11)18-7-4-10-9-13-5-6-14-10/h1-3,8,10,13-14H,4-7,9H2. The third kappa shape index (κ3) is 3.68. The Morgan fingerprint density at radius 2 is 2.33 bits per heavy atom. The van der Waals surface area contributed by atoms with Gasteiger partial charge in [0.2, 0.25) is 0 Å². The number of ether oxygens (including phenoxy) is 1. The summed E-state index contributed by atoms with van der Waals surface area (Å²) in [6.45, 7) is 3.47. The number of non-ortho nitro benzene ring substituents is 1. The van der Waals surface area contributed by atoms with Gasteiger partial charge in [0, 0.05) is 31.7 Å². The third-order valence-electron chi connectivity index (χ3n) is 2.89. The van der Waals surface area contributed by atoms with Crippen molar-refractivity contribution in [2.45, 2.75) is 12.5 Å². The van der Waals surface area contributed by atoms with Gasteiger partial charge in [-0.05, 0) is 12.5 Å². The van der Waals surface area contributed by atoms with Gasteiger partial charge in [0.1, 0.15) is 5.75 Å². The van der Waals surface area contributed by atoms with Crippen LogP contribution < -0.4 is 15.4 Å². The molecule has 1 saturated heterocycles. The highest BCUT2D eigenvalue weighted by Crippen LogP contribution is 2.19. The topological polar surface area (TPSA) is 76.4 Å². The molecule has 6 heteroatoms. The van der Waals surface area contributed by atoms with E-state index in [2.05, 4.69) is 10.6 Å². The number of hydrogen-bond acceptors (Lipinski definition) is 5. The normalized spacial score (nSPS) is 19.4. The zero-order chi connectivity index (χ0) is 12.8. The lowest BCUT2D eigenvalue weighted by Gasteiger charge is -2.24. The van der Waals surface area contributed by atoms with E-state index in [-0.39, 0.29) is 5.69 Å². The molecule has 1 unspecified atom stereocenters. The Kier molecular flexibility index (Phi) is 4.49. The molecule has 0 bridgehead atoms. The van der Waals surface area contributed by atoms with Crippen LogP contribution in [-0.2, 0) is 0 Å². The fourth-order valence-corrected chi connectivity index (χ4v) is 1.92. The first-order chi connectivity index (χ1) is 8.75. The molecule has 1 aliphatic heterocycles. The van der Waals surface area contributed by atoms with E-state index in [0.29, 0.717) is 18.4 Å². The molecule has 0 aromatic heterocycles. The van der Waals surface area contributed by atoms with Crippen LogP contribution in [0.2, 0.25) is 0 Å². The molecule has 18 heavy (non-hydrogen) atoms. The molecule has 1 aliphatic rings. The maximum absolute atomic E-state index is 10.6. The van der Waals surface area contributed by atoms with E-state index in [1.165, 1.54) is 12.1 Å². The Labute approximate surface area is 105 Å². The van der Waals surface area contributed by atoms with Crippen LogP contribution in [-0.4, -0.2) is 37.2 Å². The van der Waals surface area contributed by atoms with Crippen LogP contribution in [0.5, 0.6) is 5.75 Å². The summed E-state index contributed by atoms with van der Waals surface area (Å²) < 4.78 is 5.53. The summed E-state index contributed by atoms with van der Waals surface area (Å²) in [5.74, 6) is 0.549. The molecule has 2 rings (SSSR count). The molecule has 2 N–H and O–H groups in total. The number of nitrogens with one attached hydrogen (secondary N) is 2. The average Bonchev–Trinajstić information content (AvgIpc) is 2.40. The Hall–Kier alpha value is -1.66. The first kappa shape index (κ1) is 12.8. The van der Waals surface area contributed by atoms with Crippen LogP contribution in [0.25, 0.3) is 0 Å². The molecule has 1 atom stereocenters. The molecular formula is C12H17N3O3. The average molecular weight is 251 g/mol. The molecule has 1 fully saturated rings. The largest absolute Gasteiger partial charge is 0.493 e. The van der Waals surface area contributed by atoms with Crippen LogP contribution in [0.3, 0.4) is 0 Å². The SMILES string of the molecule is O=[N+]([O-])c1cccc(OCCC2CNCCN2)c1. The predicted octanol–water partition coefficient (Wildman–Crippen LogP) is 0.925. The van der Waals surface area contributed by atoms with Gasteiger partial charge in [0.05, 0.1) is 17.6 Å². The number of benzene rings is 1. The molecule has 0 radical (unpaired) electrons. The van der Waals surface area contributed by atoms with E-state index in [4.69, 9.17) is 4.74 Å². The van der Waals surface area contributed by atoms with Crippen molar-refractivity contribution in [3.8, 4) is 5.75 Å². The molecule has 0 spiro atoms. The second-order valence-electron chi connectivity index (χ2n) is 4.25. The lowest BCUT2D eigenvalue weighted by molar-refractivity contribution is -0.384. The molecule has 1 heterocycles. The summed E-state index contributed by atoms with van der Waals surface area (Å²) in [6.07, 6.45) is 0.885. The van der Waals surface area contributed by atoms with E-state index < -0.39 is 4.92 Å². The van der Waals surface area contributed by atoms with Gasteiger partial charge in [-0.1, -0.05) is 6.07 Å². The molecule has 6 nitrogen and oxygen atoms in total. The number of nitrogens with zero attached hydrogens (tertiary/aromatic N) is 1. The second-order valence-corrected chi connectivity index (χ2v) is 4.25. The van der Waals surface area contributed by atoms with Crippen LogP contribution in [0, 0.1) is 10.1 Å². The van der Waals surface area contributed by atoms with E-state index in [9.17, 15) is 10.1 Å². The maximum Gasteiger partial charge on any atom is 0.273 e. The molecule has 0 saturated carbocycles. The highest BCUT2D eigenvalue weighted by molar-refractivity contribution is 5.37. The van der Waals surface area contributed by atoms with Crippen LogP contribution >= 0.6 is 0 Å². The van der Waals surface area contributed by atoms with Crippen molar-refractivity contribution >= 4 is 5.69 Å². The number of nitro benzene ring substituents is 1. The molecular weight excluding hydrogens is 234 g/mol. The minimum atomic E-state index is -0.417. The van der Waals surface area contributed by atoms with Crippen molar-refractivity contribution < 1.29 is 9.66 Å². The highest BCUT2D eigenvalue weighted by atomic mass is 16.6. The summed E-state index contributed by atoms with van der Waals surface area (Å²) >= 11 is 0. The summed E-state index contributed by atoms with van der Waals surface area (Å²) in [4.78, 5) is 10.2. The van der Waals surface area contributed by atoms with Gasteiger partial charge in [-0.25, -0.2) is 0 Å². The summed E-state index contributed by atoms with van der Waals surface area (Å²) in [7, 11) is 0. The zero-order valence-corrected chi connectivity index (χ0v) is 10.1. The number of rotatable bonds is 5. The Balaban J connectivity index is 1.78. The molecule has 0 amide bonds. The van der Waals surface area contributed by atoms with Crippen LogP contribution in [0.1, 0.15) is 6.42 Å². The van der Waals surface area contributed by atoms with Gasteiger partial charge in [-0.3, -0.25) is 10.1 Å². The fraction of sp³-hybridized carbons (Fsp3) is 0.500. The molecule has 0 aliphatic carbocycles. The fourth-order valence-electron chi connectivity index (χ4n) is 1.92. The predicted molar refractivity (Wildman–Crippen MR) is 67.9 cm³/mol. The minimum absolute atomic E-state index is 0.0601. The smallest absolute Gasteiger partial charge is 0.273 e. The molecule has 1 aromatic carbocycles. The molecule has 98 valence electrons. The number of hydrogen-bond donors (Lipinski definition) is 2. The van der Waals surface area contributed by atoms with Crippen molar-refractivity contribution in [2.24, 2.45) is 0 Å². The summed E-state index contributed by atoms with van der Waals surface area (Å²) in [5, 5.41) is 17.3. The van der Waals surface area contributed by atoms with E-state index in [0.717, 1.165) is 26.1 Å². The van der Waals surface area contributed by atoms with E-state index >= 15 is 0 Å². The van der Waals surface area contributed by atoms with Crippen LogP contribution in [0.4, 0.5) is 5.69 Å². The van der Waals surface area contributed by atoms with Crippen molar-refractivity contribution in [2.75, 3.05) is 26.2 Å². The Morgan fingerprint density at radius 3 is 3.06 bits per heavy atom. The number of nitro groups is 1. The monoisotopic (exact) mass is 251 g/mol. The highest BCUT2D eigenvalue weighted by Gasteiger charge is 2.12. The van der Waals surface area contributed by atoms with Gasteiger partial charge in [-0.2, -0.15) is 0 Å². The van der Waals surface area contributed by atoms with Gasteiger partial charge < -0.3 is 15.4 Å². The van der Waals surface area contributed by atoms with Crippen molar-refractivity contribution in [3.05, 3.63) is 34.4 Å². The minimum Gasteiger partial charge on any atom is -0.493 e. The van der Waals surface area contributed by atoms with Gasteiger partial charge in [0.15, 0.2) is 0 Å². The summed E-state index contributed by atoms with van der Waals surface area (Å²) in [5.41, 5.74) is 0.0601. The van der Waals surface area contributed by atoms with E-state index in [1.807, 2.05) is 0 Å². The van der Waals surface area contributed by atoms with Gasteiger partial charge in [-0.15, -0.1) is 0 Å². The molecule has 1 aromatic rings. The van der Waals surface area contributed by atoms with Crippen molar-refractivity contribution in [3.63, 3.8) is 0 Å². The van der Waals surface area contributed by atoms with Crippen molar-refractivity contribution in [1.82, 2.24) is 10.6 Å². The second kappa shape index (κ2) is 6.32. The first-order valence-electron chi connectivity index (χ1n) is 6.07. The van der Waals surface area contributed by atoms with Crippen molar-refractivity contribution in [1.29, 1.82) is 0 Å². The van der Waals surface area contributed by atoms with Crippen LogP contribution in [0.15, 0.2) is 24.3 Å². The van der Waals surface area contributed by atoms with Gasteiger partial charge >= 0.3 is 0 Å². The Morgan fingerprint density at radius 1 is 1.44 bits per heavy atom. The quantitative estimate of drug-likeness (QED) is 0.601. The Bertz CT molecular complexity index is 405. The summed E-state index contributed by atoms with van der Waals surface area (Å²) in [6, 6.07) is 6.69. The zero-order valence-electron chi connectivity index (χ0n) is 10.1. The first-order valence-corrected chi connectivity index (χ1v) is 6.07. The number of piperazine rings is 1. The lowest BCUT2D eigenvalue weighted by atomic mass is 10.2. The lowest BCUT2D eigenvalue weighted by Crippen LogP contribution is -2.48. The third-order valence-corrected chi connectivity index (χ3v) is 2.89. The van der Waals surface area contributed by atoms with Gasteiger partial charge in [0.25, 0.3) is 5.69 Å². The maximum atomic E-state index is 10.6. The van der Waals surface area contributed by atoms with E-state index in [1.54, 1.807) is 12.1 Å².